The van der Waals surface area contributed by atoms with Gasteiger partial charge in [0.2, 0.25) is 5.91 Å². The van der Waals surface area contributed by atoms with E-state index in [1.807, 2.05) is 6.07 Å². The predicted octanol–water partition coefficient (Wildman–Crippen LogP) is 3.60. The van der Waals surface area contributed by atoms with Crippen LogP contribution in [0, 0.1) is 12.8 Å². The van der Waals surface area contributed by atoms with Gasteiger partial charge < -0.3 is 5.32 Å². The molecular formula is C19H24N2OS. The fourth-order valence-electron chi connectivity index (χ4n) is 3.11. The summed E-state index contributed by atoms with van der Waals surface area (Å²) in [4.78, 5) is 15.9. The van der Waals surface area contributed by atoms with Gasteiger partial charge in [-0.2, -0.15) is 0 Å². The molecule has 1 amide bonds. The largest absolute Gasteiger partial charge is 0.343 e. The molecule has 0 aliphatic carbocycles. The van der Waals surface area contributed by atoms with Crippen molar-refractivity contribution in [1.82, 2.24) is 10.2 Å². The van der Waals surface area contributed by atoms with E-state index >= 15 is 0 Å². The number of carbonyl (C=O) groups excluding carboxylic acids is 1. The van der Waals surface area contributed by atoms with Crippen LogP contribution in [0.5, 0.6) is 0 Å². The molecular weight excluding hydrogens is 304 g/mol. The van der Waals surface area contributed by atoms with Crippen LogP contribution in [0.2, 0.25) is 0 Å². The minimum atomic E-state index is -0.0527. The molecule has 2 atom stereocenters. The Hall–Kier alpha value is -1.65. The number of benzene rings is 1. The number of likely N-dealkylation sites (tertiary alicyclic amines) is 1. The molecule has 122 valence electrons. The van der Waals surface area contributed by atoms with Crippen molar-refractivity contribution in [3.8, 4) is 0 Å². The number of thiophene rings is 1. The van der Waals surface area contributed by atoms with Crippen LogP contribution in [-0.4, -0.2) is 30.4 Å². The lowest BCUT2D eigenvalue weighted by Crippen LogP contribution is -2.38. The normalized spacial score (nSPS) is 19.7. The van der Waals surface area contributed by atoms with Gasteiger partial charge in [0.25, 0.3) is 0 Å². The van der Waals surface area contributed by atoms with Gasteiger partial charge in [0.15, 0.2) is 0 Å². The zero-order valence-corrected chi connectivity index (χ0v) is 14.6. The molecule has 1 fully saturated rings. The van der Waals surface area contributed by atoms with E-state index in [-0.39, 0.29) is 11.9 Å². The van der Waals surface area contributed by atoms with Crippen molar-refractivity contribution >= 4 is 17.2 Å². The van der Waals surface area contributed by atoms with Gasteiger partial charge in [-0.1, -0.05) is 42.8 Å². The standard InChI is InChI=1S/C19H24N2OS/c1-14-5-7-16(8-6-14)19(17-4-3-11-23-17)20-18(22)13-21-10-9-15(2)12-21/h3-8,11,15,19H,9-10,12-13H2,1-2H3,(H,20,22)/t15-,19+/m0/s1. The lowest BCUT2D eigenvalue weighted by molar-refractivity contribution is -0.122. The van der Waals surface area contributed by atoms with E-state index in [1.54, 1.807) is 11.3 Å². The van der Waals surface area contributed by atoms with E-state index in [4.69, 9.17) is 0 Å². The first-order valence-electron chi connectivity index (χ1n) is 8.23. The van der Waals surface area contributed by atoms with E-state index in [2.05, 4.69) is 59.8 Å². The Balaban J connectivity index is 1.71. The lowest BCUT2D eigenvalue weighted by atomic mass is 10.0. The molecule has 0 radical (unpaired) electrons. The van der Waals surface area contributed by atoms with Gasteiger partial charge in [-0.25, -0.2) is 0 Å². The van der Waals surface area contributed by atoms with Crippen LogP contribution >= 0.6 is 11.3 Å². The molecule has 1 aliphatic rings. The van der Waals surface area contributed by atoms with Gasteiger partial charge in [-0.05, 0) is 42.8 Å². The Morgan fingerprint density at radius 3 is 2.74 bits per heavy atom. The summed E-state index contributed by atoms with van der Waals surface area (Å²) in [6.45, 7) is 6.89. The highest BCUT2D eigenvalue weighted by atomic mass is 32.1. The van der Waals surface area contributed by atoms with Crippen molar-refractivity contribution in [3.63, 3.8) is 0 Å². The van der Waals surface area contributed by atoms with Gasteiger partial charge >= 0.3 is 0 Å². The van der Waals surface area contributed by atoms with Crippen LogP contribution in [0.3, 0.4) is 0 Å². The summed E-state index contributed by atoms with van der Waals surface area (Å²) in [5.74, 6) is 0.811. The predicted molar refractivity (Wildman–Crippen MR) is 95.7 cm³/mol. The molecule has 3 nitrogen and oxygen atoms in total. The van der Waals surface area contributed by atoms with E-state index < -0.39 is 0 Å². The molecule has 1 N–H and O–H groups in total. The summed E-state index contributed by atoms with van der Waals surface area (Å²) in [6, 6.07) is 12.5. The third-order valence-electron chi connectivity index (χ3n) is 4.42. The average Bonchev–Trinajstić information content (AvgIpc) is 3.18. The molecule has 1 aromatic heterocycles. The van der Waals surface area contributed by atoms with Crippen molar-refractivity contribution < 1.29 is 4.79 Å². The highest BCUT2D eigenvalue weighted by Gasteiger charge is 2.23. The van der Waals surface area contributed by atoms with Gasteiger partial charge in [0.1, 0.15) is 0 Å². The van der Waals surface area contributed by atoms with Crippen molar-refractivity contribution in [3.05, 3.63) is 57.8 Å². The Bertz CT molecular complexity index is 636. The van der Waals surface area contributed by atoms with E-state index in [9.17, 15) is 4.79 Å². The van der Waals surface area contributed by atoms with E-state index in [1.165, 1.54) is 16.9 Å². The van der Waals surface area contributed by atoms with Crippen molar-refractivity contribution in [2.75, 3.05) is 19.6 Å². The zero-order chi connectivity index (χ0) is 16.2. The molecule has 3 rings (SSSR count). The number of carbonyl (C=O) groups is 1. The first-order valence-corrected chi connectivity index (χ1v) is 9.11. The third-order valence-corrected chi connectivity index (χ3v) is 5.36. The Morgan fingerprint density at radius 1 is 1.35 bits per heavy atom. The topological polar surface area (TPSA) is 32.3 Å². The molecule has 1 aliphatic heterocycles. The number of nitrogens with zero attached hydrogens (tertiary/aromatic N) is 1. The fourth-order valence-corrected chi connectivity index (χ4v) is 3.92. The highest BCUT2D eigenvalue weighted by molar-refractivity contribution is 7.10. The van der Waals surface area contributed by atoms with Crippen LogP contribution in [0.15, 0.2) is 41.8 Å². The maximum absolute atomic E-state index is 12.5. The minimum Gasteiger partial charge on any atom is -0.343 e. The van der Waals surface area contributed by atoms with Crippen molar-refractivity contribution in [1.29, 1.82) is 0 Å². The highest BCUT2D eigenvalue weighted by Crippen LogP contribution is 2.26. The average molecular weight is 328 g/mol. The van der Waals surface area contributed by atoms with Crippen LogP contribution in [0.1, 0.15) is 35.4 Å². The Kier molecular flexibility index (Phi) is 5.13. The summed E-state index contributed by atoms with van der Waals surface area (Å²) >= 11 is 1.69. The summed E-state index contributed by atoms with van der Waals surface area (Å²) in [5, 5.41) is 5.29. The molecule has 1 saturated heterocycles. The molecule has 0 saturated carbocycles. The van der Waals surface area contributed by atoms with Crippen molar-refractivity contribution in [2.24, 2.45) is 5.92 Å². The lowest BCUT2D eigenvalue weighted by Gasteiger charge is -2.21. The third kappa shape index (κ3) is 4.21. The number of aryl methyl sites for hydroxylation is 1. The molecule has 1 aromatic carbocycles. The SMILES string of the molecule is Cc1ccc([C@@H](NC(=O)CN2CC[C@H](C)C2)c2cccs2)cc1. The summed E-state index contributed by atoms with van der Waals surface area (Å²) < 4.78 is 0. The van der Waals surface area contributed by atoms with E-state index in [0.717, 1.165) is 18.7 Å². The number of hydrogen-bond donors (Lipinski definition) is 1. The minimum absolute atomic E-state index is 0.0527. The second kappa shape index (κ2) is 7.28. The Labute approximate surface area is 142 Å². The van der Waals surface area contributed by atoms with Gasteiger partial charge in [-0.15, -0.1) is 11.3 Å². The molecule has 2 heterocycles. The maximum atomic E-state index is 12.5. The fraction of sp³-hybridized carbons (Fsp3) is 0.421. The second-order valence-corrected chi connectivity index (χ2v) is 7.53. The van der Waals surface area contributed by atoms with Crippen LogP contribution < -0.4 is 5.32 Å². The molecule has 0 spiro atoms. The number of nitrogens with one attached hydrogen (secondary N) is 1. The molecule has 2 aromatic rings. The van der Waals surface area contributed by atoms with Crippen LogP contribution in [0.25, 0.3) is 0 Å². The Morgan fingerprint density at radius 2 is 2.13 bits per heavy atom. The van der Waals surface area contributed by atoms with Gasteiger partial charge in [-0.3, -0.25) is 9.69 Å². The second-order valence-electron chi connectivity index (χ2n) is 6.56. The molecule has 0 bridgehead atoms. The zero-order valence-electron chi connectivity index (χ0n) is 13.8. The molecule has 0 unspecified atom stereocenters. The quantitative estimate of drug-likeness (QED) is 0.909. The maximum Gasteiger partial charge on any atom is 0.234 e. The smallest absolute Gasteiger partial charge is 0.234 e. The van der Waals surface area contributed by atoms with Crippen LogP contribution in [0.4, 0.5) is 0 Å². The van der Waals surface area contributed by atoms with Crippen molar-refractivity contribution in [2.45, 2.75) is 26.3 Å². The van der Waals surface area contributed by atoms with Gasteiger partial charge in [0, 0.05) is 11.4 Å². The van der Waals surface area contributed by atoms with Gasteiger partial charge in [0.05, 0.1) is 12.6 Å². The van der Waals surface area contributed by atoms with Crippen LogP contribution in [-0.2, 0) is 4.79 Å². The summed E-state index contributed by atoms with van der Waals surface area (Å²) in [6.07, 6.45) is 1.19. The first kappa shape index (κ1) is 16.2. The number of rotatable bonds is 5. The number of amides is 1. The molecule has 4 heteroatoms. The summed E-state index contributed by atoms with van der Waals surface area (Å²) in [7, 11) is 0. The first-order chi connectivity index (χ1) is 11.1. The van der Waals surface area contributed by atoms with E-state index in [0.29, 0.717) is 12.5 Å². The molecule has 23 heavy (non-hydrogen) atoms. The summed E-state index contributed by atoms with van der Waals surface area (Å²) in [5.41, 5.74) is 2.37. The monoisotopic (exact) mass is 328 g/mol. The number of hydrogen-bond acceptors (Lipinski definition) is 3.